The second-order valence-electron chi connectivity index (χ2n) is 10.6. The van der Waals surface area contributed by atoms with Crippen LogP contribution in [0.2, 0.25) is 0 Å². The van der Waals surface area contributed by atoms with Crippen molar-refractivity contribution in [2.75, 3.05) is 13.1 Å². The fourth-order valence-corrected chi connectivity index (χ4v) is 4.81. The van der Waals surface area contributed by atoms with Gasteiger partial charge in [0.1, 0.15) is 0 Å². The molecule has 0 bridgehead atoms. The number of nitrogens with zero attached hydrogens (tertiary/aromatic N) is 1. The fourth-order valence-electron chi connectivity index (χ4n) is 4.81. The molecule has 0 spiro atoms. The van der Waals surface area contributed by atoms with Crippen LogP contribution >= 0.6 is 0 Å². The van der Waals surface area contributed by atoms with E-state index in [0.29, 0.717) is 0 Å². The molecule has 2 nitrogen and oxygen atoms in total. The number of hydrogen-bond acceptors (Lipinski definition) is 2. The first-order chi connectivity index (χ1) is 16.8. The SMILES string of the molecule is C=CCCCCCCCCCCCCCCN(O)CCCCCCCCCCCCCCC=C. The number of rotatable bonds is 30. The summed E-state index contributed by atoms with van der Waals surface area (Å²) in [5, 5.41) is 11.6. The number of hydroxylamine groups is 2. The molecule has 0 aromatic rings. The van der Waals surface area contributed by atoms with Crippen LogP contribution in [0, 0.1) is 0 Å². The van der Waals surface area contributed by atoms with Crippen LogP contribution in [0.5, 0.6) is 0 Å². The lowest BCUT2D eigenvalue weighted by Gasteiger charge is -2.14. The maximum absolute atomic E-state index is 10.1. The second kappa shape index (κ2) is 30.4. The molecule has 0 radical (unpaired) electrons. The van der Waals surface area contributed by atoms with Crippen molar-refractivity contribution in [2.45, 2.75) is 167 Å². The van der Waals surface area contributed by atoms with Gasteiger partial charge < -0.3 is 5.21 Å². The van der Waals surface area contributed by atoms with Crippen molar-refractivity contribution in [1.82, 2.24) is 5.06 Å². The molecule has 34 heavy (non-hydrogen) atoms. The van der Waals surface area contributed by atoms with Crippen LogP contribution in [0.4, 0.5) is 0 Å². The van der Waals surface area contributed by atoms with Gasteiger partial charge in [-0.25, -0.2) is 0 Å². The Kier molecular flexibility index (Phi) is 29.9. The Hall–Kier alpha value is -0.600. The van der Waals surface area contributed by atoms with E-state index in [-0.39, 0.29) is 0 Å². The lowest BCUT2D eigenvalue weighted by Crippen LogP contribution is -2.21. The van der Waals surface area contributed by atoms with E-state index in [4.69, 9.17) is 0 Å². The predicted molar refractivity (Wildman–Crippen MR) is 154 cm³/mol. The Morgan fingerprint density at radius 3 is 0.794 bits per heavy atom. The summed E-state index contributed by atoms with van der Waals surface area (Å²) >= 11 is 0. The summed E-state index contributed by atoms with van der Waals surface area (Å²) in [6.45, 7) is 9.29. The van der Waals surface area contributed by atoms with Gasteiger partial charge in [0.15, 0.2) is 0 Å². The minimum absolute atomic E-state index is 0.861. The van der Waals surface area contributed by atoms with E-state index >= 15 is 0 Å². The average molecular weight is 478 g/mol. The van der Waals surface area contributed by atoms with Crippen LogP contribution in [-0.4, -0.2) is 23.4 Å². The minimum Gasteiger partial charge on any atom is -0.314 e. The van der Waals surface area contributed by atoms with Gasteiger partial charge in [0.25, 0.3) is 0 Å². The van der Waals surface area contributed by atoms with Gasteiger partial charge in [-0.2, -0.15) is 5.06 Å². The van der Waals surface area contributed by atoms with Crippen molar-refractivity contribution in [1.29, 1.82) is 0 Å². The molecule has 1 N–H and O–H groups in total. The molecule has 0 saturated heterocycles. The topological polar surface area (TPSA) is 23.5 Å². The summed E-state index contributed by atoms with van der Waals surface area (Å²) in [6, 6.07) is 0. The van der Waals surface area contributed by atoms with E-state index in [0.717, 1.165) is 25.9 Å². The van der Waals surface area contributed by atoms with Crippen molar-refractivity contribution in [2.24, 2.45) is 0 Å². The van der Waals surface area contributed by atoms with E-state index in [1.807, 2.05) is 12.2 Å². The van der Waals surface area contributed by atoms with Gasteiger partial charge in [0, 0.05) is 13.1 Å². The Morgan fingerprint density at radius 1 is 0.353 bits per heavy atom. The molecule has 0 amide bonds. The first-order valence-corrected chi connectivity index (χ1v) is 15.5. The normalized spacial score (nSPS) is 11.4. The first kappa shape index (κ1) is 33.4. The highest BCUT2D eigenvalue weighted by Crippen LogP contribution is 2.14. The third-order valence-electron chi connectivity index (χ3n) is 7.15. The molecule has 0 aromatic heterocycles. The molecule has 0 aliphatic heterocycles. The second-order valence-corrected chi connectivity index (χ2v) is 10.6. The maximum atomic E-state index is 10.1. The van der Waals surface area contributed by atoms with E-state index in [2.05, 4.69) is 13.2 Å². The summed E-state index contributed by atoms with van der Waals surface area (Å²) in [6.07, 6.45) is 39.1. The molecule has 0 heterocycles. The summed E-state index contributed by atoms with van der Waals surface area (Å²) in [5.41, 5.74) is 0. The molecule has 0 aromatic carbocycles. The Labute approximate surface area is 215 Å². The molecule has 0 aliphatic carbocycles. The molecular weight excluding hydrogens is 414 g/mol. The Balaban J connectivity index is 3.14. The predicted octanol–water partition coefficient (Wildman–Crippen LogP) is 11.2. The fraction of sp³-hybridized carbons (Fsp3) is 0.875. The minimum atomic E-state index is 0.861. The zero-order chi connectivity index (χ0) is 24.8. The van der Waals surface area contributed by atoms with Crippen LogP contribution in [0.1, 0.15) is 167 Å². The van der Waals surface area contributed by atoms with Crippen molar-refractivity contribution >= 4 is 0 Å². The van der Waals surface area contributed by atoms with E-state index in [1.54, 1.807) is 5.06 Å². The molecule has 2 heteroatoms. The zero-order valence-corrected chi connectivity index (χ0v) is 23.3. The maximum Gasteiger partial charge on any atom is 0.0238 e. The number of hydrogen-bond donors (Lipinski definition) is 1. The van der Waals surface area contributed by atoms with Gasteiger partial charge in [-0.15, -0.1) is 13.2 Å². The standard InChI is InChI=1S/C32H63NO/c1-3-5-7-9-11-13-15-17-19-21-23-25-27-29-31-33(34)32-30-28-26-24-22-20-18-16-14-12-10-8-6-4-2/h3-4,34H,1-2,5-32H2. The van der Waals surface area contributed by atoms with Crippen LogP contribution in [0.25, 0.3) is 0 Å². The van der Waals surface area contributed by atoms with E-state index < -0.39 is 0 Å². The summed E-state index contributed by atoms with van der Waals surface area (Å²) < 4.78 is 0. The van der Waals surface area contributed by atoms with Crippen molar-refractivity contribution < 1.29 is 5.21 Å². The third-order valence-corrected chi connectivity index (χ3v) is 7.15. The Bertz CT molecular complexity index is 358. The van der Waals surface area contributed by atoms with Crippen LogP contribution in [-0.2, 0) is 0 Å². The quantitative estimate of drug-likeness (QED) is 0.0631. The zero-order valence-electron chi connectivity index (χ0n) is 23.3. The first-order valence-electron chi connectivity index (χ1n) is 15.5. The smallest absolute Gasteiger partial charge is 0.0238 e. The third kappa shape index (κ3) is 29.4. The molecule has 0 fully saturated rings. The van der Waals surface area contributed by atoms with Gasteiger partial charge in [-0.05, 0) is 38.5 Å². The summed E-state index contributed by atoms with van der Waals surface area (Å²) in [5.74, 6) is 0. The summed E-state index contributed by atoms with van der Waals surface area (Å²) in [7, 11) is 0. The molecule has 0 aliphatic rings. The lowest BCUT2D eigenvalue weighted by atomic mass is 10.0. The van der Waals surface area contributed by atoms with Gasteiger partial charge in [0.05, 0.1) is 0 Å². The van der Waals surface area contributed by atoms with E-state index in [1.165, 1.54) is 154 Å². The van der Waals surface area contributed by atoms with Gasteiger partial charge in [-0.1, -0.05) is 141 Å². The molecular formula is C32H63NO. The van der Waals surface area contributed by atoms with Crippen LogP contribution in [0.15, 0.2) is 25.3 Å². The monoisotopic (exact) mass is 477 g/mol. The molecule has 0 saturated carbocycles. The van der Waals surface area contributed by atoms with Crippen molar-refractivity contribution in [3.63, 3.8) is 0 Å². The van der Waals surface area contributed by atoms with Gasteiger partial charge >= 0.3 is 0 Å². The molecule has 0 atom stereocenters. The van der Waals surface area contributed by atoms with Crippen molar-refractivity contribution in [3.8, 4) is 0 Å². The van der Waals surface area contributed by atoms with Gasteiger partial charge in [-0.3, -0.25) is 0 Å². The lowest BCUT2D eigenvalue weighted by molar-refractivity contribution is -0.0925. The number of allylic oxidation sites excluding steroid dienone is 2. The highest BCUT2D eigenvalue weighted by Gasteiger charge is 2.01. The number of unbranched alkanes of at least 4 members (excludes halogenated alkanes) is 24. The summed E-state index contributed by atoms with van der Waals surface area (Å²) in [4.78, 5) is 0. The molecule has 0 unspecified atom stereocenters. The van der Waals surface area contributed by atoms with Crippen molar-refractivity contribution in [3.05, 3.63) is 25.3 Å². The van der Waals surface area contributed by atoms with Gasteiger partial charge in [0.2, 0.25) is 0 Å². The largest absolute Gasteiger partial charge is 0.314 e. The molecule has 202 valence electrons. The van der Waals surface area contributed by atoms with Crippen LogP contribution in [0.3, 0.4) is 0 Å². The average Bonchev–Trinajstić information content (AvgIpc) is 2.84. The highest BCUT2D eigenvalue weighted by molar-refractivity contribution is 4.66. The Morgan fingerprint density at radius 2 is 0.559 bits per heavy atom. The van der Waals surface area contributed by atoms with E-state index in [9.17, 15) is 5.21 Å². The molecule has 0 rings (SSSR count). The van der Waals surface area contributed by atoms with Crippen LogP contribution < -0.4 is 0 Å². The highest BCUT2D eigenvalue weighted by atomic mass is 16.5.